The van der Waals surface area contributed by atoms with E-state index in [0.717, 1.165) is 18.7 Å². The van der Waals surface area contributed by atoms with Crippen molar-refractivity contribution >= 4 is 17.4 Å². The van der Waals surface area contributed by atoms with Crippen LogP contribution < -0.4 is 11.1 Å². The monoisotopic (exact) mass is 224 g/mol. The normalized spacial score (nSPS) is 11.5. The van der Waals surface area contributed by atoms with Crippen LogP contribution in [-0.4, -0.2) is 18.3 Å². The summed E-state index contributed by atoms with van der Waals surface area (Å²) in [5.41, 5.74) is 6.97. The first-order chi connectivity index (χ1) is 7.01. The summed E-state index contributed by atoms with van der Waals surface area (Å²) in [6.45, 7) is 5.01. The van der Waals surface area contributed by atoms with E-state index in [1.807, 2.05) is 13.8 Å². The van der Waals surface area contributed by atoms with Gasteiger partial charge in [-0.25, -0.2) is 0 Å². The van der Waals surface area contributed by atoms with Gasteiger partial charge in [-0.1, -0.05) is 0 Å². The highest BCUT2D eigenvalue weighted by atomic mass is 32.2. The lowest BCUT2D eigenvalue weighted by Gasteiger charge is -2.18. The molecule has 0 aliphatic heterocycles. The van der Waals surface area contributed by atoms with E-state index in [1.165, 1.54) is 4.90 Å². The molecule has 0 aromatic heterocycles. The van der Waals surface area contributed by atoms with E-state index in [9.17, 15) is 0 Å². The third-order valence-electron chi connectivity index (χ3n) is 2.19. The highest BCUT2D eigenvalue weighted by Crippen LogP contribution is 2.17. The number of nitrogens with one attached hydrogen (secondary N) is 1. The minimum absolute atomic E-state index is 0.0911. The number of hydrogen-bond donors (Lipinski definition) is 2. The average molecular weight is 224 g/mol. The molecule has 84 valence electrons. The maximum atomic E-state index is 5.90. The van der Waals surface area contributed by atoms with Crippen molar-refractivity contribution < 1.29 is 0 Å². The molecule has 0 fully saturated rings. The second kappa shape index (κ2) is 5.42. The largest absolute Gasteiger partial charge is 0.385 e. The third-order valence-corrected chi connectivity index (χ3v) is 2.93. The predicted molar refractivity (Wildman–Crippen MR) is 69.6 cm³/mol. The lowest BCUT2D eigenvalue weighted by Crippen LogP contribution is -2.34. The molecule has 0 saturated heterocycles. The van der Waals surface area contributed by atoms with Crippen LogP contribution in [0.4, 0.5) is 5.69 Å². The lowest BCUT2D eigenvalue weighted by atomic mass is 10.0. The Morgan fingerprint density at radius 3 is 2.33 bits per heavy atom. The molecule has 2 nitrogen and oxygen atoms in total. The molecule has 3 N–H and O–H groups in total. The third kappa shape index (κ3) is 5.09. The number of rotatable bonds is 5. The summed E-state index contributed by atoms with van der Waals surface area (Å²) in [6.07, 6.45) is 3.05. The molecule has 0 spiro atoms. The van der Waals surface area contributed by atoms with Crippen molar-refractivity contribution in [2.75, 3.05) is 18.1 Å². The van der Waals surface area contributed by atoms with Gasteiger partial charge in [-0.15, -0.1) is 11.8 Å². The SMILES string of the molecule is CSc1ccc(NCCC(C)(C)N)cc1. The number of anilines is 1. The highest BCUT2D eigenvalue weighted by molar-refractivity contribution is 7.98. The molecule has 1 aromatic carbocycles. The van der Waals surface area contributed by atoms with Crippen molar-refractivity contribution in [3.8, 4) is 0 Å². The summed E-state index contributed by atoms with van der Waals surface area (Å²) < 4.78 is 0. The Morgan fingerprint density at radius 1 is 1.27 bits per heavy atom. The molecule has 0 atom stereocenters. The summed E-state index contributed by atoms with van der Waals surface area (Å²) >= 11 is 1.76. The average Bonchev–Trinajstić information content (AvgIpc) is 2.17. The number of hydrogen-bond acceptors (Lipinski definition) is 3. The minimum atomic E-state index is -0.0911. The van der Waals surface area contributed by atoms with E-state index in [0.29, 0.717) is 0 Å². The van der Waals surface area contributed by atoms with Gasteiger partial charge in [0.05, 0.1) is 0 Å². The standard InChI is InChI=1S/C12H20N2S/c1-12(2,13)8-9-14-10-4-6-11(15-3)7-5-10/h4-7,14H,8-9,13H2,1-3H3. The van der Waals surface area contributed by atoms with Crippen LogP contribution in [0.5, 0.6) is 0 Å². The first kappa shape index (κ1) is 12.4. The summed E-state index contributed by atoms with van der Waals surface area (Å²) in [6, 6.07) is 8.46. The van der Waals surface area contributed by atoms with Crippen molar-refractivity contribution in [3.63, 3.8) is 0 Å². The maximum absolute atomic E-state index is 5.90. The summed E-state index contributed by atoms with van der Waals surface area (Å²) in [4.78, 5) is 1.29. The Morgan fingerprint density at radius 2 is 1.87 bits per heavy atom. The zero-order chi connectivity index (χ0) is 11.3. The Labute approximate surface area is 96.6 Å². The van der Waals surface area contributed by atoms with Crippen molar-refractivity contribution in [2.24, 2.45) is 5.73 Å². The molecule has 0 radical (unpaired) electrons. The topological polar surface area (TPSA) is 38.0 Å². The molecule has 15 heavy (non-hydrogen) atoms. The molecule has 0 bridgehead atoms. The molecule has 0 saturated carbocycles. The fourth-order valence-corrected chi connectivity index (χ4v) is 1.65. The van der Waals surface area contributed by atoms with Crippen molar-refractivity contribution in [1.82, 2.24) is 0 Å². The molecule has 0 amide bonds. The van der Waals surface area contributed by atoms with E-state index in [2.05, 4.69) is 35.8 Å². The molecule has 3 heteroatoms. The van der Waals surface area contributed by atoms with Crippen LogP contribution in [0, 0.1) is 0 Å². The van der Waals surface area contributed by atoms with Crippen LogP contribution in [0.3, 0.4) is 0 Å². The zero-order valence-electron chi connectivity index (χ0n) is 9.71. The van der Waals surface area contributed by atoms with Gasteiger partial charge in [0.1, 0.15) is 0 Å². The Kier molecular flexibility index (Phi) is 4.48. The second-order valence-corrected chi connectivity index (χ2v) is 5.27. The van der Waals surface area contributed by atoms with Gasteiger partial charge in [-0.05, 0) is 50.8 Å². The van der Waals surface area contributed by atoms with E-state index in [1.54, 1.807) is 11.8 Å². The quantitative estimate of drug-likeness (QED) is 0.755. The van der Waals surface area contributed by atoms with E-state index >= 15 is 0 Å². The molecule has 1 rings (SSSR count). The Bertz CT molecular complexity index is 287. The Hall–Kier alpha value is -0.670. The van der Waals surface area contributed by atoms with Gasteiger partial charge in [0.2, 0.25) is 0 Å². The van der Waals surface area contributed by atoms with E-state index in [4.69, 9.17) is 5.73 Å². The van der Waals surface area contributed by atoms with Crippen LogP contribution >= 0.6 is 11.8 Å². The van der Waals surface area contributed by atoms with Crippen molar-refractivity contribution in [3.05, 3.63) is 24.3 Å². The second-order valence-electron chi connectivity index (χ2n) is 4.39. The molecule has 1 aromatic rings. The van der Waals surface area contributed by atoms with Crippen LogP contribution in [0.1, 0.15) is 20.3 Å². The molecular weight excluding hydrogens is 204 g/mol. The predicted octanol–water partition coefficient (Wildman–Crippen LogP) is 2.95. The smallest absolute Gasteiger partial charge is 0.0340 e. The van der Waals surface area contributed by atoms with Gasteiger partial charge in [-0.2, -0.15) is 0 Å². The molecule has 0 unspecified atom stereocenters. The van der Waals surface area contributed by atoms with Gasteiger partial charge < -0.3 is 11.1 Å². The van der Waals surface area contributed by atoms with Crippen LogP contribution in [0.2, 0.25) is 0 Å². The summed E-state index contributed by atoms with van der Waals surface area (Å²) in [5, 5.41) is 3.36. The minimum Gasteiger partial charge on any atom is -0.385 e. The van der Waals surface area contributed by atoms with Gasteiger partial charge in [0.15, 0.2) is 0 Å². The number of benzene rings is 1. The van der Waals surface area contributed by atoms with E-state index < -0.39 is 0 Å². The number of thioether (sulfide) groups is 1. The van der Waals surface area contributed by atoms with E-state index in [-0.39, 0.29) is 5.54 Å². The Balaban J connectivity index is 2.38. The zero-order valence-corrected chi connectivity index (χ0v) is 10.5. The highest BCUT2D eigenvalue weighted by Gasteiger charge is 2.08. The van der Waals surface area contributed by atoms with Crippen molar-refractivity contribution in [2.45, 2.75) is 30.7 Å². The van der Waals surface area contributed by atoms with Crippen LogP contribution in [0.25, 0.3) is 0 Å². The van der Waals surface area contributed by atoms with Gasteiger partial charge in [-0.3, -0.25) is 0 Å². The molecule has 0 aliphatic carbocycles. The van der Waals surface area contributed by atoms with Crippen LogP contribution in [-0.2, 0) is 0 Å². The summed E-state index contributed by atoms with van der Waals surface area (Å²) in [7, 11) is 0. The first-order valence-electron chi connectivity index (χ1n) is 5.18. The molecule has 0 aliphatic rings. The van der Waals surface area contributed by atoms with Gasteiger partial charge in [0.25, 0.3) is 0 Å². The van der Waals surface area contributed by atoms with Gasteiger partial charge >= 0.3 is 0 Å². The molecule has 0 heterocycles. The first-order valence-corrected chi connectivity index (χ1v) is 6.40. The van der Waals surface area contributed by atoms with Gasteiger partial charge in [0, 0.05) is 22.7 Å². The lowest BCUT2D eigenvalue weighted by molar-refractivity contribution is 0.491. The fraction of sp³-hybridized carbons (Fsp3) is 0.500. The number of nitrogens with two attached hydrogens (primary N) is 1. The fourth-order valence-electron chi connectivity index (χ4n) is 1.24. The maximum Gasteiger partial charge on any atom is 0.0340 e. The van der Waals surface area contributed by atoms with Crippen molar-refractivity contribution in [1.29, 1.82) is 0 Å². The van der Waals surface area contributed by atoms with Crippen LogP contribution in [0.15, 0.2) is 29.2 Å². The molecular formula is C12H20N2S. The summed E-state index contributed by atoms with van der Waals surface area (Å²) in [5.74, 6) is 0.